The van der Waals surface area contributed by atoms with Crippen LogP contribution < -0.4 is 5.32 Å². The summed E-state index contributed by atoms with van der Waals surface area (Å²) in [5, 5.41) is 4.97. The van der Waals surface area contributed by atoms with Gasteiger partial charge in [-0.15, -0.1) is 0 Å². The summed E-state index contributed by atoms with van der Waals surface area (Å²) in [6, 6.07) is 14.6. The van der Waals surface area contributed by atoms with Gasteiger partial charge >= 0.3 is 6.09 Å². The van der Waals surface area contributed by atoms with Crippen LogP contribution in [-0.4, -0.2) is 11.1 Å². The molecule has 0 spiro atoms. The molecule has 0 aliphatic carbocycles. The number of anilines is 1. The van der Waals surface area contributed by atoms with Crippen molar-refractivity contribution in [2.75, 3.05) is 5.32 Å². The summed E-state index contributed by atoms with van der Waals surface area (Å²) in [4.78, 5) is 16.0. The van der Waals surface area contributed by atoms with Crippen LogP contribution in [0.4, 0.5) is 10.5 Å². The maximum atomic E-state index is 12.0. The summed E-state index contributed by atoms with van der Waals surface area (Å²) in [6.45, 7) is 0.187. The van der Waals surface area contributed by atoms with Crippen molar-refractivity contribution in [2.45, 2.75) is 6.61 Å². The van der Waals surface area contributed by atoms with E-state index in [2.05, 4.69) is 10.3 Å². The Morgan fingerprint density at radius 2 is 1.87 bits per heavy atom. The summed E-state index contributed by atoms with van der Waals surface area (Å²) >= 11 is 12.1. The number of rotatable bonds is 3. The van der Waals surface area contributed by atoms with Gasteiger partial charge in [0.25, 0.3) is 0 Å². The van der Waals surface area contributed by atoms with Crippen LogP contribution in [0.2, 0.25) is 10.2 Å². The van der Waals surface area contributed by atoms with Crippen molar-refractivity contribution in [3.05, 3.63) is 70.5 Å². The number of nitrogens with zero attached hydrogens (tertiary/aromatic N) is 1. The number of nitrogens with one attached hydrogen (secondary N) is 1. The van der Waals surface area contributed by atoms with E-state index in [1.807, 2.05) is 30.3 Å². The van der Waals surface area contributed by atoms with Crippen LogP contribution in [0.5, 0.6) is 0 Å². The van der Waals surface area contributed by atoms with Gasteiger partial charge in [0.15, 0.2) is 0 Å². The number of benzene rings is 2. The molecule has 2 aromatic carbocycles. The zero-order valence-corrected chi connectivity index (χ0v) is 13.4. The molecular formula is C17H12Cl2N2O2. The number of carbonyl (C=O) groups is 1. The third-order valence-corrected chi connectivity index (χ3v) is 3.79. The minimum atomic E-state index is -0.570. The molecule has 0 saturated heterocycles. The number of carbonyl (C=O) groups excluding carboxylic acids is 1. The fourth-order valence-electron chi connectivity index (χ4n) is 2.15. The average Bonchev–Trinajstić information content (AvgIpc) is 2.56. The van der Waals surface area contributed by atoms with Crippen LogP contribution in [0.1, 0.15) is 5.56 Å². The molecule has 0 fully saturated rings. The minimum Gasteiger partial charge on any atom is -0.444 e. The molecule has 1 amide bonds. The zero-order valence-electron chi connectivity index (χ0n) is 11.9. The fourth-order valence-corrected chi connectivity index (χ4v) is 2.53. The lowest BCUT2D eigenvalue weighted by Crippen LogP contribution is -2.14. The van der Waals surface area contributed by atoms with Crippen LogP contribution in [-0.2, 0) is 11.3 Å². The predicted octanol–water partition coefficient (Wildman–Crippen LogP) is 5.29. The number of ether oxygens (including phenoxy) is 1. The van der Waals surface area contributed by atoms with Gasteiger partial charge in [0.05, 0.1) is 11.9 Å². The quantitative estimate of drug-likeness (QED) is 0.655. The van der Waals surface area contributed by atoms with Crippen LogP contribution in [0.25, 0.3) is 10.8 Å². The van der Waals surface area contributed by atoms with Crippen molar-refractivity contribution in [1.82, 2.24) is 4.98 Å². The Labute approximate surface area is 143 Å². The number of pyridine rings is 1. The molecule has 116 valence electrons. The van der Waals surface area contributed by atoms with E-state index >= 15 is 0 Å². The third-order valence-electron chi connectivity index (χ3n) is 3.25. The van der Waals surface area contributed by atoms with Crippen molar-refractivity contribution in [1.29, 1.82) is 0 Å². The minimum absolute atomic E-state index is 0.187. The molecule has 0 aliphatic heterocycles. The Morgan fingerprint density at radius 3 is 2.65 bits per heavy atom. The highest BCUT2D eigenvalue weighted by atomic mass is 35.5. The molecule has 23 heavy (non-hydrogen) atoms. The summed E-state index contributed by atoms with van der Waals surface area (Å²) in [5.74, 6) is 0. The zero-order chi connectivity index (χ0) is 16.2. The number of hydrogen-bond acceptors (Lipinski definition) is 3. The molecule has 3 rings (SSSR count). The number of fused-ring (bicyclic) bond motifs is 1. The molecule has 0 unspecified atom stereocenters. The van der Waals surface area contributed by atoms with Gasteiger partial charge in [-0.2, -0.15) is 0 Å². The van der Waals surface area contributed by atoms with Crippen LogP contribution >= 0.6 is 23.2 Å². The van der Waals surface area contributed by atoms with Gasteiger partial charge in [0.1, 0.15) is 11.8 Å². The molecule has 4 nitrogen and oxygen atoms in total. The van der Waals surface area contributed by atoms with Gasteiger partial charge in [-0.25, -0.2) is 9.78 Å². The standard InChI is InChI=1S/C17H12Cl2N2O2/c18-12-6-7-13-14(8-12)15(9-20-16(13)19)21-17(22)23-10-11-4-2-1-3-5-11/h1-9H,10H2,(H,21,22). The summed E-state index contributed by atoms with van der Waals surface area (Å²) < 4.78 is 5.20. The fraction of sp³-hybridized carbons (Fsp3) is 0.0588. The monoisotopic (exact) mass is 346 g/mol. The predicted molar refractivity (Wildman–Crippen MR) is 92.0 cm³/mol. The second kappa shape index (κ2) is 6.86. The first-order chi connectivity index (χ1) is 11.1. The SMILES string of the molecule is O=C(Nc1cnc(Cl)c2ccc(Cl)cc12)OCc1ccccc1. The Kier molecular flexibility index (Phi) is 4.65. The molecule has 0 radical (unpaired) electrons. The van der Waals surface area contributed by atoms with Gasteiger partial charge in [0, 0.05) is 15.8 Å². The van der Waals surface area contributed by atoms with Gasteiger partial charge in [-0.3, -0.25) is 5.32 Å². The first-order valence-corrected chi connectivity index (χ1v) is 7.60. The Bertz CT molecular complexity index is 854. The van der Waals surface area contributed by atoms with Crippen LogP contribution in [0.15, 0.2) is 54.7 Å². The van der Waals surface area contributed by atoms with E-state index in [0.717, 1.165) is 5.56 Å². The number of hydrogen-bond donors (Lipinski definition) is 1. The molecule has 1 heterocycles. The van der Waals surface area contributed by atoms with E-state index in [0.29, 0.717) is 26.6 Å². The molecule has 0 atom stereocenters. The van der Waals surface area contributed by atoms with Crippen LogP contribution in [0, 0.1) is 0 Å². The first kappa shape index (κ1) is 15.6. The third kappa shape index (κ3) is 3.73. The normalized spacial score (nSPS) is 10.5. The second-order valence-corrected chi connectivity index (χ2v) is 5.63. The van der Waals surface area contributed by atoms with Crippen molar-refractivity contribution in [3.63, 3.8) is 0 Å². The van der Waals surface area contributed by atoms with E-state index in [4.69, 9.17) is 27.9 Å². The molecule has 6 heteroatoms. The molecule has 0 aliphatic rings. The molecule has 3 aromatic rings. The summed E-state index contributed by atoms with van der Waals surface area (Å²) in [6.07, 6.45) is 0.907. The molecular weight excluding hydrogens is 335 g/mol. The number of amides is 1. The summed E-state index contributed by atoms with van der Waals surface area (Å²) in [7, 11) is 0. The molecule has 0 bridgehead atoms. The Morgan fingerprint density at radius 1 is 1.09 bits per heavy atom. The van der Waals surface area contributed by atoms with E-state index in [9.17, 15) is 4.79 Å². The largest absolute Gasteiger partial charge is 0.444 e. The summed E-state index contributed by atoms with van der Waals surface area (Å²) in [5.41, 5.74) is 1.40. The van der Waals surface area contributed by atoms with E-state index < -0.39 is 6.09 Å². The van der Waals surface area contributed by atoms with Crippen molar-refractivity contribution >= 4 is 45.8 Å². The van der Waals surface area contributed by atoms with E-state index in [1.54, 1.807) is 18.2 Å². The highest BCUT2D eigenvalue weighted by Crippen LogP contribution is 2.30. The highest BCUT2D eigenvalue weighted by molar-refractivity contribution is 6.36. The maximum absolute atomic E-state index is 12.0. The van der Waals surface area contributed by atoms with Gasteiger partial charge in [-0.1, -0.05) is 53.5 Å². The van der Waals surface area contributed by atoms with Crippen molar-refractivity contribution < 1.29 is 9.53 Å². The Balaban J connectivity index is 1.77. The van der Waals surface area contributed by atoms with Crippen LogP contribution in [0.3, 0.4) is 0 Å². The van der Waals surface area contributed by atoms with Gasteiger partial charge in [0.2, 0.25) is 0 Å². The van der Waals surface area contributed by atoms with Gasteiger partial charge < -0.3 is 4.74 Å². The lowest BCUT2D eigenvalue weighted by molar-refractivity contribution is 0.155. The molecule has 1 N–H and O–H groups in total. The molecule has 0 saturated carbocycles. The average molecular weight is 347 g/mol. The first-order valence-electron chi connectivity index (χ1n) is 6.85. The number of aromatic nitrogens is 1. The van der Waals surface area contributed by atoms with E-state index in [-0.39, 0.29) is 6.61 Å². The molecule has 1 aromatic heterocycles. The second-order valence-electron chi connectivity index (χ2n) is 4.84. The topological polar surface area (TPSA) is 51.2 Å². The smallest absolute Gasteiger partial charge is 0.412 e. The Hall–Kier alpha value is -2.30. The lowest BCUT2D eigenvalue weighted by Gasteiger charge is -2.10. The maximum Gasteiger partial charge on any atom is 0.412 e. The van der Waals surface area contributed by atoms with E-state index in [1.165, 1.54) is 6.20 Å². The lowest BCUT2D eigenvalue weighted by atomic mass is 10.1. The van der Waals surface area contributed by atoms with Gasteiger partial charge in [-0.05, 0) is 23.8 Å². The number of halogens is 2. The highest BCUT2D eigenvalue weighted by Gasteiger charge is 2.10. The van der Waals surface area contributed by atoms with Crippen molar-refractivity contribution in [3.8, 4) is 0 Å². The van der Waals surface area contributed by atoms with Crippen molar-refractivity contribution in [2.24, 2.45) is 0 Å².